The van der Waals surface area contributed by atoms with E-state index < -0.39 is 0 Å². The molecule has 2 aromatic carbocycles. The number of benzene rings is 2. The first-order valence-corrected chi connectivity index (χ1v) is 12.5. The highest BCUT2D eigenvalue weighted by Gasteiger charge is 2.35. The summed E-state index contributed by atoms with van der Waals surface area (Å²) in [5.41, 5.74) is 5.09. The summed E-state index contributed by atoms with van der Waals surface area (Å²) in [6, 6.07) is 19.9. The molecule has 4 nitrogen and oxygen atoms in total. The average Bonchev–Trinajstić information content (AvgIpc) is 3.48. The number of nitrogens with zero attached hydrogens (tertiary/aromatic N) is 1. The van der Waals surface area contributed by atoms with Gasteiger partial charge in [0.05, 0.1) is 23.3 Å². The monoisotopic (exact) mass is 485 g/mol. The van der Waals surface area contributed by atoms with Crippen molar-refractivity contribution in [3.63, 3.8) is 0 Å². The Labute approximate surface area is 206 Å². The van der Waals surface area contributed by atoms with E-state index in [1.165, 1.54) is 16.2 Å². The van der Waals surface area contributed by atoms with Gasteiger partial charge in [0.1, 0.15) is 16.5 Å². The van der Waals surface area contributed by atoms with Crippen molar-refractivity contribution in [2.45, 2.75) is 20.8 Å². The Morgan fingerprint density at radius 2 is 1.68 bits per heavy atom. The third-order valence-electron chi connectivity index (χ3n) is 5.68. The van der Waals surface area contributed by atoms with Gasteiger partial charge in [0, 0.05) is 32.0 Å². The van der Waals surface area contributed by atoms with Crippen LogP contribution >= 0.6 is 22.7 Å². The Bertz CT molecular complexity index is 1460. The number of carbonyl (C=O) groups excluding carboxylic acids is 1. The number of para-hydroxylation sites is 1. The number of aromatic nitrogens is 1. The molecule has 5 rings (SSSR count). The van der Waals surface area contributed by atoms with Gasteiger partial charge in [-0.1, -0.05) is 48.5 Å². The fourth-order valence-corrected chi connectivity index (χ4v) is 6.18. The molecule has 1 aliphatic rings. The number of cyclic esters (lactones) is 1. The van der Waals surface area contributed by atoms with E-state index in [2.05, 4.69) is 19.9 Å². The Balaban J connectivity index is 1.74. The van der Waals surface area contributed by atoms with E-state index in [9.17, 15) is 4.79 Å². The topological polar surface area (TPSA) is 48.4 Å². The van der Waals surface area contributed by atoms with Gasteiger partial charge in [0.25, 0.3) is 0 Å². The fraction of sp³-hybridized carbons (Fsp3) is 0.143. The van der Waals surface area contributed by atoms with E-state index in [1.807, 2.05) is 67.6 Å². The van der Waals surface area contributed by atoms with Gasteiger partial charge in [0.2, 0.25) is 0 Å². The number of hydrogen-bond donors (Lipinski definition) is 0. The van der Waals surface area contributed by atoms with Crippen molar-refractivity contribution in [2.24, 2.45) is 0 Å². The molecule has 0 spiro atoms. The molecule has 34 heavy (non-hydrogen) atoms. The molecule has 2 aromatic heterocycles. The number of thiophene rings is 1. The predicted molar refractivity (Wildman–Crippen MR) is 140 cm³/mol. The summed E-state index contributed by atoms with van der Waals surface area (Å²) in [6.07, 6.45) is 1.89. The minimum Gasteiger partial charge on any atom is -0.496 e. The number of carbonyl (C=O) groups is 1. The third-order valence-corrected chi connectivity index (χ3v) is 7.87. The van der Waals surface area contributed by atoms with Crippen LogP contribution in [0.2, 0.25) is 0 Å². The van der Waals surface area contributed by atoms with Crippen LogP contribution in [0.1, 0.15) is 31.5 Å². The molecule has 0 bridgehead atoms. The molecule has 4 aromatic rings. The highest BCUT2D eigenvalue weighted by molar-refractivity contribution is 7.16. The van der Waals surface area contributed by atoms with E-state index in [1.54, 1.807) is 18.4 Å². The summed E-state index contributed by atoms with van der Waals surface area (Å²) < 4.78 is 11.4. The van der Waals surface area contributed by atoms with Crippen LogP contribution in [-0.4, -0.2) is 18.1 Å². The molecule has 0 radical (unpaired) electrons. The predicted octanol–water partition coefficient (Wildman–Crippen LogP) is 7.31. The second-order valence-electron chi connectivity index (χ2n) is 8.02. The quantitative estimate of drug-likeness (QED) is 0.278. The zero-order valence-corrected chi connectivity index (χ0v) is 21.0. The smallest absolute Gasteiger partial charge is 0.345 e. The van der Waals surface area contributed by atoms with Crippen molar-refractivity contribution in [2.75, 3.05) is 7.11 Å². The van der Waals surface area contributed by atoms with Crippen LogP contribution in [0.4, 0.5) is 0 Å². The Hall–Kier alpha value is -3.48. The van der Waals surface area contributed by atoms with Crippen molar-refractivity contribution in [1.29, 1.82) is 0 Å². The van der Waals surface area contributed by atoms with Crippen LogP contribution in [-0.2, 0) is 9.53 Å². The maximum Gasteiger partial charge on any atom is 0.345 e. The largest absolute Gasteiger partial charge is 0.496 e. The van der Waals surface area contributed by atoms with Gasteiger partial charge in [0.15, 0.2) is 0 Å². The highest BCUT2D eigenvalue weighted by atomic mass is 32.1. The zero-order chi connectivity index (χ0) is 23.8. The van der Waals surface area contributed by atoms with Crippen LogP contribution in [0, 0.1) is 20.8 Å². The summed E-state index contributed by atoms with van der Waals surface area (Å²) >= 11 is 3.23. The van der Waals surface area contributed by atoms with Crippen LogP contribution in [0.5, 0.6) is 5.75 Å². The molecule has 0 saturated heterocycles. The van der Waals surface area contributed by atoms with Crippen molar-refractivity contribution in [3.05, 3.63) is 97.9 Å². The lowest BCUT2D eigenvalue weighted by Gasteiger charge is -2.08. The number of methoxy groups -OCH3 is 1. The Kier molecular flexibility index (Phi) is 5.94. The number of thiazole rings is 1. The molecular weight excluding hydrogens is 462 g/mol. The molecule has 170 valence electrons. The second-order valence-corrected chi connectivity index (χ2v) is 10.5. The van der Waals surface area contributed by atoms with Gasteiger partial charge in [-0.25, -0.2) is 9.78 Å². The van der Waals surface area contributed by atoms with E-state index in [0.29, 0.717) is 11.3 Å². The first kappa shape index (κ1) is 22.3. The van der Waals surface area contributed by atoms with Gasteiger partial charge in [-0.05, 0) is 39.0 Å². The first-order valence-electron chi connectivity index (χ1n) is 10.9. The van der Waals surface area contributed by atoms with Gasteiger partial charge >= 0.3 is 5.97 Å². The van der Waals surface area contributed by atoms with Crippen LogP contribution in [0.3, 0.4) is 0 Å². The van der Waals surface area contributed by atoms with Gasteiger partial charge in [-0.15, -0.1) is 22.7 Å². The number of aryl methyl sites for hydroxylation is 3. The fourth-order valence-electron chi connectivity index (χ4n) is 4.14. The Morgan fingerprint density at radius 1 is 0.941 bits per heavy atom. The molecular formula is C28H23NO3S2. The summed E-state index contributed by atoms with van der Waals surface area (Å²) in [7, 11) is 1.64. The lowest BCUT2D eigenvalue weighted by molar-refractivity contribution is -0.131. The SMILES string of the molecule is COc1ccccc1/C=C1\OC(=O)C(c2sc(-c3ccccc3)nc2C)=C1c1cc(C)sc1C. The zero-order valence-electron chi connectivity index (χ0n) is 19.3. The van der Waals surface area contributed by atoms with E-state index in [-0.39, 0.29) is 5.97 Å². The van der Waals surface area contributed by atoms with Crippen LogP contribution < -0.4 is 4.74 Å². The molecule has 0 fully saturated rings. The molecule has 0 saturated carbocycles. The van der Waals surface area contributed by atoms with Crippen LogP contribution in [0.25, 0.3) is 27.8 Å². The Morgan fingerprint density at radius 3 is 2.38 bits per heavy atom. The maximum atomic E-state index is 13.4. The van der Waals surface area contributed by atoms with Crippen molar-refractivity contribution in [1.82, 2.24) is 4.98 Å². The summed E-state index contributed by atoms with van der Waals surface area (Å²) in [5.74, 6) is 0.891. The number of esters is 1. The lowest BCUT2D eigenvalue weighted by atomic mass is 9.97. The standard InChI is InChI=1S/C28H23NO3S2/c1-16-14-21(18(3)33-16)24-23(15-20-12-8-9-13-22(20)31-4)32-28(30)25(24)26-17(2)29-27(34-26)19-10-6-5-7-11-19/h5-15H,1-4H3/b23-15-. The molecule has 0 unspecified atom stereocenters. The second kappa shape index (κ2) is 9.05. The molecule has 0 aliphatic carbocycles. The maximum absolute atomic E-state index is 13.4. The minimum absolute atomic E-state index is 0.356. The molecule has 0 amide bonds. The molecule has 6 heteroatoms. The normalized spacial score (nSPS) is 14.7. The molecule has 0 atom stereocenters. The third kappa shape index (κ3) is 4.00. The molecule has 3 heterocycles. The number of allylic oxidation sites excluding steroid dienone is 1. The van der Waals surface area contributed by atoms with Crippen molar-refractivity contribution >= 4 is 45.9 Å². The number of ether oxygens (including phenoxy) is 2. The minimum atomic E-state index is -0.356. The van der Waals surface area contributed by atoms with Crippen molar-refractivity contribution in [3.8, 4) is 16.3 Å². The number of rotatable bonds is 5. The van der Waals surface area contributed by atoms with E-state index in [4.69, 9.17) is 14.5 Å². The molecule has 0 N–H and O–H groups in total. The number of hydrogen-bond acceptors (Lipinski definition) is 6. The first-order chi connectivity index (χ1) is 16.5. The van der Waals surface area contributed by atoms with Gasteiger partial charge in [-0.2, -0.15) is 0 Å². The average molecular weight is 486 g/mol. The summed E-state index contributed by atoms with van der Waals surface area (Å²) in [5, 5.41) is 0.883. The van der Waals surface area contributed by atoms with Gasteiger partial charge in [-0.3, -0.25) is 0 Å². The van der Waals surface area contributed by atoms with Crippen molar-refractivity contribution < 1.29 is 14.3 Å². The van der Waals surface area contributed by atoms with Crippen LogP contribution in [0.15, 0.2) is 66.4 Å². The molecule has 1 aliphatic heterocycles. The summed E-state index contributed by atoms with van der Waals surface area (Å²) in [6.45, 7) is 6.11. The van der Waals surface area contributed by atoms with Gasteiger partial charge < -0.3 is 9.47 Å². The summed E-state index contributed by atoms with van der Waals surface area (Å²) in [4.78, 5) is 21.3. The lowest BCUT2D eigenvalue weighted by Crippen LogP contribution is -1.98. The van der Waals surface area contributed by atoms with E-state index >= 15 is 0 Å². The highest BCUT2D eigenvalue weighted by Crippen LogP contribution is 2.46. The van der Waals surface area contributed by atoms with E-state index in [0.717, 1.165) is 48.5 Å².